The summed E-state index contributed by atoms with van der Waals surface area (Å²) in [7, 11) is 1.73. The molecule has 0 saturated carbocycles. The number of nitrogens with one attached hydrogen (secondary N) is 1. The van der Waals surface area contributed by atoms with Gasteiger partial charge in [0.25, 0.3) is 0 Å². The van der Waals surface area contributed by atoms with E-state index in [0.717, 1.165) is 31.4 Å². The van der Waals surface area contributed by atoms with Crippen LogP contribution in [0.2, 0.25) is 0 Å². The van der Waals surface area contributed by atoms with E-state index in [0.29, 0.717) is 5.92 Å². The molecule has 0 aromatic carbocycles. The van der Waals surface area contributed by atoms with E-state index in [1.165, 1.54) is 4.88 Å². The third kappa shape index (κ3) is 5.45. The van der Waals surface area contributed by atoms with Crippen molar-refractivity contribution in [3.8, 4) is 0 Å². The van der Waals surface area contributed by atoms with Gasteiger partial charge in [-0.1, -0.05) is 25.2 Å². The number of hydrogen-bond donors (Lipinski definition) is 2. The summed E-state index contributed by atoms with van der Waals surface area (Å²) < 4.78 is 5.13. The highest BCUT2D eigenvalue weighted by Crippen LogP contribution is 2.19. The smallest absolute Gasteiger partial charge is 0.197 e. The van der Waals surface area contributed by atoms with Crippen molar-refractivity contribution in [2.45, 2.75) is 20.4 Å². The molecule has 0 saturated heterocycles. The maximum Gasteiger partial charge on any atom is 0.197 e. The maximum absolute atomic E-state index is 5.32. The number of ether oxygens (including phenoxy) is 1. The van der Waals surface area contributed by atoms with E-state index in [4.69, 9.17) is 10.6 Å². The van der Waals surface area contributed by atoms with Gasteiger partial charge in [0, 0.05) is 37.8 Å². The summed E-state index contributed by atoms with van der Waals surface area (Å²) in [5.74, 6) is 5.96. The Labute approximate surface area is 107 Å². The van der Waals surface area contributed by atoms with Crippen molar-refractivity contribution in [2.24, 2.45) is 11.8 Å². The quantitative estimate of drug-likeness (QED) is 0.547. The van der Waals surface area contributed by atoms with E-state index in [1.54, 1.807) is 18.4 Å². The molecule has 0 bridgehead atoms. The van der Waals surface area contributed by atoms with Gasteiger partial charge in [-0.15, -0.1) is 0 Å². The van der Waals surface area contributed by atoms with Crippen molar-refractivity contribution in [3.63, 3.8) is 0 Å². The van der Waals surface area contributed by atoms with Crippen LogP contribution in [0.1, 0.15) is 18.7 Å². The molecule has 6 heteroatoms. The molecule has 1 aromatic rings. The molecule has 1 heterocycles. The number of hydrogen-bond acceptors (Lipinski definition) is 6. The lowest BCUT2D eigenvalue weighted by atomic mass is 10.2. The summed E-state index contributed by atoms with van der Waals surface area (Å²) in [6.45, 7) is 8.11. The summed E-state index contributed by atoms with van der Waals surface area (Å²) in [5.41, 5.74) is 2.57. The second-order valence-corrected chi connectivity index (χ2v) is 5.51. The molecular formula is C11H22N4OS. The molecule has 17 heavy (non-hydrogen) atoms. The summed E-state index contributed by atoms with van der Waals surface area (Å²) in [6, 6.07) is 0. The fourth-order valence-corrected chi connectivity index (χ4v) is 2.40. The first kappa shape index (κ1) is 14.4. The van der Waals surface area contributed by atoms with Crippen LogP contribution in [0.25, 0.3) is 0 Å². The minimum Gasteiger partial charge on any atom is -0.383 e. The number of aromatic nitrogens is 1. The van der Waals surface area contributed by atoms with Crippen LogP contribution in [0.5, 0.6) is 0 Å². The van der Waals surface area contributed by atoms with Gasteiger partial charge in [0.15, 0.2) is 5.13 Å². The molecule has 98 valence electrons. The van der Waals surface area contributed by atoms with E-state index < -0.39 is 0 Å². The molecular weight excluding hydrogens is 236 g/mol. The number of nitrogen functional groups attached to an aromatic ring is 1. The van der Waals surface area contributed by atoms with Gasteiger partial charge in [-0.05, 0) is 5.92 Å². The number of anilines is 1. The average molecular weight is 258 g/mol. The SMILES string of the molecule is COCCN(Cc1cnc(NN)s1)CC(C)C. The fraction of sp³-hybridized carbons (Fsp3) is 0.727. The Kier molecular flexibility index (Phi) is 6.43. The number of hydrazine groups is 1. The largest absolute Gasteiger partial charge is 0.383 e. The predicted octanol–water partition coefficient (Wildman–Crippen LogP) is 1.53. The van der Waals surface area contributed by atoms with E-state index in [-0.39, 0.29) is 0 Å². The highest BCUT2D eigenvalue weighted by molar-refractivity contribution is 7.15. The van der Waals surface area contributed by atoms with Crippen LogP contribution in [0.3, 0.4) is 0 Å². The molecule has 1 aromatic heterocycles. The first-order valence-corrected chi connectivity index (χ1v) is 6.60. The van der Waals surface area contributed by atoms with Gasteiger partial charge in [-0.25, -0.2) is 10.8 Å². The van der Waals surface area contributed by atoms with E-state index in [9.17, 15) is 0 Å². The highest BCUT2D eigenvalue weighted by Gasteiger charge is 2.10. The lowest BCUT2D eigenvalue weighted by molar-refractivity contribution is 0.136. The average Bonchev–Trinajstić information content (AvgIpc) is 2.73. The Hall–Kier alpha value is -0.690. The van der Waals surface area contributed by atoms with Gasteiger partial charge in [0.05, 0.1) is 6.61 Å². The van der Waals surface area contributed by atoms with Gasteiger partial charge in [0.1, 0.15) is 0 Å². The molecule has 0 unspecified atom stereocenters. The minimum absolute atomic E-state index is 0.645. The fourth-order valence-electron chi connectivity index (χ4n) is 1.64. The third-order valence-corrected chi connectivity index (χ3v) is 3.20. The van der Waals surface area contributed by atoms with Crippen LogP contribution < -0.4 is 11.3 Å². The zero-order valence-electron chi connectivity index (χ0n) is 10.8. The number of nitrogens with zero attached hydrogens (tertiary/aromatic N) is 2. The van der Waals surface area contributed by atoms with Crippen LogP contribution >= 0.6 is 11.3 Å². The molecule has 5 nitrogen and oxygen atoms in total. The first-order valence-electron chi connectivity index (χ1n) is 5.78. The summed E-state index contributed by atoms with van der Waals surface area (Å²) in [5, 5.41) is 0.760. The molecule has 3 N–H and O–H groups in total. The predicted molar refractivity (Wildman–Crippen MR) is 71.9 cm³/mol. The number of rotatable bonds is 8. The topological polar surface area (TPSA) is 63.4 Å². The lowest BCUT2D eigenvalue weighted by Crippen LogP contribution is -2.30. The zero-order valence-corrected chi connectivity index (χ0v) is 11.6. The lowest BCUT2D eigenvalue weighted by Gasteiger charge is -2.22. The van der Waals surface area contributed by atoms with Crippen molar-refractivity contribution in [2.75, 3.05) is 32.2 Å². The Balaban J connectivity index is 2.51. The van der Waals surface area contributed by atoms with Crippen LogP contribution in [-0.2, 0) is 11.3 Å². The van der Waals surface area contributed by atoms with E-state index in [1.807, 2.05) is 6.20 Å². The van der Waals surface area contributed by atoms with E-state index in [2.05, 4.69) is 29.2 Å². The molecule has 0 amide bonds. The minimum atomic E-state index is 0.645. The van der Waals surface area contributed by atoms with Crippen molar-refractivity contribution in [1.82, 2.24) is 9.88 Å². The number of methoxy groups -OCH3 is 1. The van der Waals surface area contributed by atoms with Gasteiger partial charge in [0.2, 0.25) is 0 Å². The summed E-state index contributed by atoms with van der Waals surface area (Å²) in [6.07, 6.45) is 1.87. The van der Waals surface area contributed by atoms with Gasteiger partial charge in [-0.2, -0.15) is 0 Å². The molecule has 0 aliphatic rings. The Bertz CT molecular complexity index is 316. The second-order valence-electron chi connectivity index (χ2n) is 4.40. The molecule has 0 fully saturated rings. The second kappa shape index (κ2) is 7.60. The molecule has 1 rings (SSSR count). The highest BCUT2D eigenvalue weighted by atomic mass is 32.1. The molecule has 0 aliphatic carbocycles. The Morgan fingerprint density at radius 2 is 2.35 bits per heavy atom. The monoisotopic (exact) mass is 258 g/mol. The molecule has 0 aliphatic heterocycles. The van der Waals surface area contributed by atoms with Crippen molar-refractivity contribution < 1.29 is 4.74 Å². The van der Waals surface area contributed by atoms with Gasteiger partial charge < -0.3 is 4.74 Å². The Morgan fingerprint density at radius 3 is 2.88 bits per heavy atom. The third-order valence-electron chi connectivity index (χ3n) is 2.29. The van der Waals surface area contributed by atoms with Crippen molar-refractivity contribution >= 4 is 16.5 Å². The van der Waals surface area contributed by atoms with E-state index >= 15 is 0 Å². The van der Waals surface area contributed by atoms with Crippen LogP contribution in [0.4, 0.5) is 5.13 Å². The van der Waals surface area contributed by atoms with Crippen LogP contribution in [0, 0.1) is 5.92 Å². The standard InChI is InChI=1S/C11H22N4OS/c1-9(2)7-15(4-5-16-3)8-10-6-13-11(14-12)17-10/h6,9H,4-5,7-8,12H2,1-3H3,(H,13,14). The number of thiazole rings is 1. The zero-order chi connectivity index (χ0) is 12.7. The summed E-state index contributed by atoms with van der Waals surface area (Å²) in [4.78, 5) is 7.77. The molecule has 0 atom stereocenters. The molecule has 0 spiro atoms. The normalized spacial score (nSPS) is 11.4. The van der Waals surface area contributed by atoms with Gasteiger partial charge >= 0.3 is 0 Å². The van der Waals surface area contributed by atoms with Crippen molar-refractivity contribution in [3.05, 3.63) is 11.1 Å². The number of nitrogens with two attached hydrogens (primary N) is 1. The Morgan fingerprint density at radius 1 is 1.59 bits per heavy atom. The summed E-state index contributed by atoms with van der Waals surface area (Å²) >= 11 is 1.59. The van der Waals surface area contributed by atoms with Crippen LogP contribution in [0.15, 0.2) is 6.20 Å². The van der Waals surface area contributed by atoms with Gasteiger partial charge in [-0.3, -0.25) is 10.3 Å². The first-order chi connectivity index (χ1) is 8.15. The van der Waals surface area contributed by atoms with Crippen molar-refractivity contribution in [1.29, 1.82) is 0 Å². The molecule has 0 radical (unpaired) electrons. The maximum atomic E-state index is 5.32. The van der Waals surface area contributed by atoms with Crippen LogP contribution in [-0.4, -0.2) is 36.7 Å².